The summed E-state index contributed by atoms with van der Waals surface area (Å²) in [4.78, 5) is 0. The van der Waals surface area contributed by atoms with Crippen molar-refractivity contribution in [3.05, 3.63) is 41.4 Å². The molecule has 0 amide bonds. The van der Waals surface area contributed by atoms with Crippen LogP contribution in [0.15, 0.2) is 36.4 Å². The highest BCUT2D eigenvalue weighted by molar-refractivity contribution is 7.80. The van der Waals surface area contributed by atoms with E-state index in [2.05, 4.69) is 10.6 Å². The van der Waals surface area contributed by atoms with E-state index >= 15 is 0 Å². The first-order chi connectivity index (χ1) is 11.1. The maximum atomic E-state index is 5.86. The highest BCUT2D eigenvalue weighted by atomic mass is 35.5. The zero-order valence-electron chi connectivity index (χ0n) is 13.0. The lowest BCUT2D eigenvalue weighted by Gasteiger charge is -2.16. The van der Waals surface area contributed by atoms with Gasteiger partial charge in [0.1, 0.15) is 0 Å². The molecule has 2 aromatic rings. The lowest BCUT2D eigenvalue weighted by molar-refractivity contribution is 0.324. The van der Waals surface area contributed by atoms with E-state index in [0.717, 1.165) is 5.69 Å². The van der Waals surface area contributed by atoms with E-state index in [1.807, 2.05) is 12.1 Å². The largest absolute Gasteiger partial charge is 0.493 e. The summed E-state index contributed by atoms with van der Waals surface area (Å²) < 4.78 is 15.9. The first-order valence-electron chi connectivity index (χ1n) is 6.71. The van der Waals surface area contributed by atoms with Crippen molar-refractivity contribution >= 4 is 40.3 Å². The van der Waals surface area contributed by atoms with Crippen LogP contribution in [0.5, 0.6) is 17.2 Å². The fraction of sp³-hybridized carbons (Fsp3) is 0.188. The molecule has 0 aliphatic carbocycles. The third kappa shape index (κ3) is 4.40. The van der Waals surface area contributed by atoms with Crippen LogP contribution in [-0.2, 0) is 0 Å². The number of anilines is 2. The van der Waals surface area contributed by atoms with Gasteiger partial charge in [0.15, 0.2) is 16.6 Å². The van der Waals surface area contributed by atoms with Crippen molar-refractivity contribution in [3.8, 4) is 17.2 Å². The van der Waals surface area contributed by atoms with Crippen LogP contribution >= 0.6 is 23.8 Å². The number of rotatable bonds is 5. The van der Waals surface area contributed by atoms with Gasteiger partial charge in [-0.3, -0.25) is 0 Å². The van der Waals surface area contributed by atoms with Gasteiger partial charge >= 0.3 is 0 Å². The number of benzene rings is 2. The van der Waals surface area contributed by atoms with Crippen molar-refractivity contribution in [2.45, 2.75) is 0 Å². The van der Waals surface area contributed by atoms with E-state index in [4.69, 9.17) is 38.0 Å². The Morgan fingerprint density at radius 3 is 1.87 bits per heavy atom. The van der Waals surface area contributed by atoms with Crippen molar-refractivity contribution in [1.82, 2.24) is 0 Å². The van der Waals surface area contributed by atoms with E-state index in [1.165, 1.54) is 0 Å². The van der Waals surface area contributed by atoms with Gasteiger partial charge in [-0.05, 0) is 36.5 Å². The van der Waals surface area contributed by atoms with Gasteiger partial charge in [0.05, 0.1) is 21.3 Å². The highest BCUT2D eigenvalue weighted by Crippen LogP contribution is 2.39. The fourth-order valence-electron chi connectivity index (χ4n) is 1.98. The SMILES string of the molecule is COc1cc(NC(=S)Nc2ccc(Cl)cc2)cc(OC)c1OC. The number of thiocarbonyl (C=S) groups is 1. The van der Waals surface area contributed by atoms with Gasteiger partial charge in [-0.2, -0.15) is 0 Å². The molecular formula is C16H17ClN2O3S. The van der Waals surface area contributed by atoms with Crippen LogP contribution in [0, 0.1) is 0 Å². The monoisotopic (exact) mass is 352 g/mol. The van der Waals surface area contributed by atoms with Gasteiger partial charge in [-0.1, -0.05) is 11.6 Å². The lowest BCUT2D eigenvalue weighted by Crippen LogP contribution is -2.19. The summed E-state index contributed by atoms with van der Waals surface area (Å²) in [7, 11) is 4.68. The van der Waals surface area contributed by atoms with E-state index in [0.29, 0.717) is 33.1 Å². The molecule has 7 heteroatoms. The summed E-state index contributed by atoms with van der Waals surface area (Å²) in [6.45, 7) is 0. The summed E-state index contributed by atoms with van der Waals surface area (Å²) in [5, 5.41) is 7.25. The third-order valence-electron chi connectivity index (χ3n) is 3.02. The van der Waals surface area contributed by atoms with Gasteiger partial charge in [-0.15, -0.1) is 0 Å². The molecule has 0 spiro atoms. The molecule has 0 aliphatic rings. The second kappa shape index (κ2) is 7.89. The molecule has 122 valence electrons. The molecule has 23 heavy (non-hydrogen) atoms. The van der Waals surface area contributed by atoms with Gasteiger partial charge in [-0.25, -0.2) is 0 Å². The Balaban J connectivity index is 2.15. The molecule has 0 heterocycles. The van der Waals surface area contributed by atoms with Crippen molar-refractivity contribution in [2.24, 2.45) is 0 Å². The van der Waals surface area contributed by atoms with E-state index in [9.17, 15) is 0 Å². The molecule has 5 nitrogen and oxygen atoms in total. The van der Waals surface area contributed by atoms with Crippen LogP contribution in [0.3, 0.4) is 0 Å². The van der Waals surface area contributed by atoms with Gasteiger partial charge < -0.3 is 24.8 Å². The minimum Gasteiger partial charge on any atom is -0.493 e. The molecule has 0 fully saturated rings. The Morgan fingerprint density at radius 1 is 0.870 bits per heavy atom. The number of nitrogens with one attached hydrogen (secondary N) is 2. The highest BCUT2D eigenvalue weighted by Gasteiger charge is 2.13. The van der Waals surface area contributed by atoms with Gasteiger partial charge in [0.2, 0.25) is 5.75 Å². The average Bonchev–Trinajstić information content (AvgIpc) is 2.55. The predicted molar refractivity (Wildman–Crippen MR) is 97.4 cm³/mol. The molecule has 0 atom stereocenters. The van der Waals surface area contributed by atoms with Crippen LogP contribution in [-0.4, -0.2) is 26.4 Å². The molecule has 0 aromatic heterocycles. The van der Waals surface area contributed by atoms with Crippen LogP contribution in [0.2, 0.25) is 5.02 Å². The van der Waals surface area contributed by atoms with E-state index in [1.54, 1.807) is 45.6 Å². The molecule has 0 radical (unpaired) electrons. The van der Waals surface area contributed by atoms with E-state index in [-0.39, 0.29) is 0 Å². The van der Waals surface area contributed by atoms with Crippen molar-refractivity contribution in [2.75, 3.05) is 32.0 Å². The average molecular weight is 353 g/mol. The topological polar surface area (TPSA) is 51.8 Å². The summed E-state index contributed by atoms with van der Waals surface area (Å²) in [6, 6.07) is 10.8. The third-order valence-corrected chi connectivity index (χ3v) is 3.48. The van der Waals surface area contributed by atoms with Crippen molar-refractivity contribution in [3.63, 3.8) is 0 Å². The molecular weight excluding hydrogens is 336 g/mol. The Kier molecular flexibility index (Phi) is 5.90. The number of ether oxygens (including phenoxy) is 3. The van der Waals surface area contributed by atoms with Gasteiger partial charge in [0.25, 0.3) is 0 Å². The first kappa shape index (κ1) is 17.2. The molecule has 0 unspecified atom stereocenters. The minimum atomic E-state index is 0.432. The second-order valence-corrected chi connectivity index (χ2v) is 5.34. The number of halogens is 1. The number of methoxy groups -OCH3 is 3. The zero-order chi connectivity index (χ0) is 16.8. The number of hydrogen-bond donors (Lipinski definition) is 2. The molecule has 2 N–H and O–H groups in total. The Bertz CT molecular complexity index is 667. The normalized spacial score (nSPS) is 9.91. The maximum Gasteiger partial charge on any atom is 0.203 e. The Morgan fingerprint density at radius 2 is 1.39 bits per heavy atom. The molecule has 0 bridgehead atoms. The molecule has 0 aliphatic heterocycles. The summed E-state index contributed by atoms with van der Waals surface area (Å²) >= 11 is 11.2. The Labute approximate surface area is 145 Å². The maximum absolute atomic E-state index is 5.86. The minimum absolute atomic E-state index is 0.432. The van der Waals surface area contributed by atoms with Crippen molar-refractivity contribution < 1.29 is 14.2 Å². The van der Waals surface area contributed by atoms with Crippen LogP contribution in [0.25, 0.3) is 0 Å². The lowest BCUT2D eigenvalue weighted by atomic mass is 10.2. The standard InChI is InChI=1S/C16H17ClN2O3S/c1-20-13-8-12(9-14(21-2)15(13)22-3)19-16(23)18-11-6-4-10(17)5-7-11/h4-9H,1-3H3,(H2,18,19,23). The fourth-order valence-corrected chi connectivity index (χ4v) is 2.34. The van der Waals surface area contributed by atoms with Crippen LogP contribution in [0.4, 0.5) is 11.4 Å². The van der Waals surface area contributed by atoms with Crippen LogP contribution in [0.1, 0.15) is 0 Å². The smallest absolute Gasteiger partial charge is 0.203 e. The zero-order valence-corrected chi connectivity index (χ0v) is 14.5. The van der Waals surface area contributed by atoms with E-state index < -0.39 is 0 Å². The first-order valence-corrected chi connectivity index (χ1v) is 7.49. The Hall–Kier alpha value is -2.18. The molecule has 0 saturated heterocycles. The molecule has 0 saturated carbocycles. The second-order valence-electron chi connectivity index (χ2n) is 4.50. The molecule has 2 rings (SSSR count). The summed E-state index contributed by atoms with van der Waals surface area (Å²) in [5.74, 6) is 1.62. The molecule has 2 aromatic carbocycles. The quantitative estimate of drug-likeness (QED) is 0.787. The van der Waals surface area contributed by atoms with Gasteiger partial charge in [0, 0.05) is 28.5 Å². The number of hydrogen-bond acceptors (Lipinski definition) is 4. The summed E-state index contributed by atoms with van der Waals surface area (Å²) in [5.41, 5.74) is 1.55. The van der Waals surface area contributed by atoms with Crippen molar-refractivity contribution in [1.29, 1.82) is 0 Å². The predicted octanol–water partition coefficient (Wildman–Crippen LogP) is 4.17. The summed E-state index contributed by atoms with van der Waals surface area (Å²) in [6.07, 6.45) is 0. The van der Waals surface area contributed by atoms with Crippen LogP contribution < -0.4 is 24.8 Å².